The molecule has 2 saturated carbocycles. The minimum absolute atomic E-state index is 0.0540. The minimum atomic E-state index is -2.35. The van der Waals surface area contributed by atoms with Gasteiger partial charge in [0.1, 0.15) is 30.0 Å². The first-order valence-corrected chi connectivity index (χ1v) is 19.6. The molecule has 0 aromatic heterocycles. The molecule has 5 N–H and O–H groups in total. The van der Waals surface area contributed by atoms with E-state index in [1.807, 2.05) is 0 Å². The number of fused-ring (bicyclic) bond motifs is 5. The molecule has 312 valence electrons. The minimum Gasteiger partial charge on any atom is -0.456 e. The summed E-state index contributed by atoms with van der Waals surface area (Å²) in [5.74, 6) is -5.89. The summed E-state index contributed by atoms with van der Waals surface area (Å²) in [5.41, 5.74) is -6.86. The fourth-order valence-corrected chi connectivity index (χ4v) is 9.94. The molecule has 0 unspecified atom stereocenters. The van der Waals surface area contributed by atoms with E-state index >= 15 is 0 Å². The molecule has 3 fully saturated rings. The average molecular weight is 812 g/mol. The molecule has 59 heavy (non-hydrogen) atoms. The van der Waals surface area contributed by atoms with Gasteiger partial charge in [-0.15, -0.1) is 0 Å². The van der Waals surface area contributed by atoms with Gasteiger partial charge in [-0.05, 0) is 54.8 Å². The summed E-state index contributed by atoms with van der Waals surface area (Å²) in [5, 5.41) is 51.9. The van der Waals surface area contributed by atoms with Crippen LogP contribution < -0.4 is 5.32 Å². The highest BCUT2D eigenvalue weighted by Gasteiger charge is 2.78. The van der Waals surface area contributed by atoms with Gasteiger partial charge in [0.05, 0.1) is 35.6 Å². The number of aliphatic hydroxyl groups is 4. The van der Waals surface area contributed by atoms with Crippen molar-refractivity contribution >= 4 is 29.6 Å². The van der Waals surface area contributed by atoms with E-state index in [2.05, 4.69) is 5.32 Å². The van der Waals surface area contributed by atoms with E-state index in [0.717, 1.165) is 6.92 Å². The monoisotopic (exact) mass is 811 g/mol. The number of nitrogens with one attached hydrogen (secondary N) is 1. The highest BCUT2D eigenvalue weighted by molar-refractivity contribution is 5.95. The molecule has 3 aromatic carbocycles. The molecule has 3 aromatic rings. The van der Waals surface area contributed by atoms with Gasteiger partial charge in [-0.3, -0.25) is 14.4 Å². The summed E-state index contributed by atoms with van der Waals surface area (Å²) in [7, 11) is 0. The summed E-state index contributed by atoms with van der Waals surface area (Å²) in [4.78, 5) is 69.5. The number of Topliss-reactive ketones (excluding diaryl/α,β-unsaturated/α-hetero) is 1. The first-order valence-electron chi connectivity index (χ1n) is 19.6. The molecule has 1 heterocycles. The van der Waals surface area contributed by atoms with E-state index in [-0.39, 0.29) is 35.3 Å². The number of aliphatic hydroxyl groups excluding tert-OH is 3. The molecule has 3 aliphatic carbocycles. The van der Waals surface area contributed by atoms with Crippen LogP contribution in [0, 0.1) is 16.7 Å². The van der Waals surface area contributed by atoms with E-state index in [9.17, 15) is 44.4 Å². The van der Waals surface area contributed by atoms with Crippen molar-refractivity contribution in [3.63, 3.8) is 0 Å². The standard InChI is InChI=1S/C45H49NO13/c1-24-29(57-41(54)35(50)33(26-15-9-6-10-16-26)46-39(52)27-17-11-7-12-18-27)22-45(55)38(58-40(53)28-19-13-8-14-20-28)36-43(5,37(51)34(49)32(24)42(45,3)4)30(48)21-31-44(36,23-56-31)59-25(2)47/h6-20,29-31,33-36,38,48-50,55H,21-23H2,1-5H3,(H,46,52)/t29-,30+,31+,33-,34+,35+,36-,38-,43+,44-,45+/m0/s1. The van der Waals surface area contributed by atoms with Crippen molar-refractivity contribution in [2.75, 3.05) is 6.61 Å². The van der Waals surface area contributed by atoms with Gasteiger partial charge in [0.25, 0.3) is 5.91 Å². The van der Waals surface area contributed by atoms with Gasteiger partial charge in [-0.25, -0.2) is 9.59 Å². The molecule has 0 spiro atoms. The predicted octanol–water partition coefficient (Wildman–Crippen LogP) is 3.16. The Kier molecular flexibility index (Phi) is 10.9. The van der Waals surface area contributed by atoms with Crippen molar-refractivity contribution in [2.24, 2.45) is 16.7 Å². The van der Waals surface area contributed by atoms with Crippen molar-refractivity contribution in [1.29, 1.82) is 0 Å². The lowest BCUT2D eigenvalue weighted by molar-refractivity contribution is -0.346. The fraction of sp³-hybridized carbons (Fsp3) is 0.444. The third kappa shape index (κ3) is 6.76. The molecule has 14 nitrogen and oxygen atoms in total. The molecule has 7 rings (SSSR count). The molecule has 1 aliphatic heterocycles. The second kappa shape index (κ2) is 15.4. The maximum atomic E-state index is 15.0. The molecule has 0 radical (unpaired) electrons. The molecule has 11 atom stereocenters. The fourth-order valence-electron chi connectivity index (χ4n) is 9.94. The number of hydrogen-bond acceptors (Lipinski definition) is 13. The Hall–Kier alpha value is -5.25. The van der Waals surface area contributed by atoms with E-state index in [1.54, 1.807) is 92.7 Å². The largest absolute Gasteiger partial charge is 0.456 e. The summed E-state index contributed by atoms with van der Waals surface area (Å²) in [6, 6.07) is 23.1. The number of esters is 3. The molecule has 14 heteroatoms. The normalized spacial score (nSPS) is 33.0. The average Bonchev–Trinajstić information content (AvgIpc) is 3.21. The molecular weight excluding hydrogens is 762 g/mol. The van der Waals surface area contributed by atoms with E-state index in [1.165, 1.54) is 26.0 Å². The second-order valence-electron chi connectivity index (χ2n) is 16.8. The molecule has 1 amide bonds. The maximum absolute atomic E-state index is 15.0. The Morgan fingerprint density at radius 3 is 2.00 bits per heavy atom. The maximum Gasteiger partial charge on any atom is 0.338 e. The summed E-state index contributed by atoms with van der Waals surface area (Å²) in [6.07, 6.45) is -10.5. The van der Waals surface area contributed by atoms with E-state index in [0.29, 0.717) is 5.56 Å². The first kappa shape index (κ1) is 41.9. The van der Waals surface area contributed by atoms with Crippen molar-refractivity contribution in [3.05, 3.63) is 119 Å². The zero-order valence-electron chi connectivity index (χ0n) is 33.4. The number of carbonyl (C=O) groups excluding carboxylic acids is 5. The Morgan fingerprint density at radius 2 is 1.44 bits per heavy atom. The van der Waals surface area contributed by atoms with Crippen LogP contribution in [0.5, 0.6) is 0 Å². The van der Waals surface area contributed by atoms with E-state index in [4.69, 9.17) is 18.9 Å². The Labute approximate surface area is 341 Å². The van der Waals surface area contributed by atoms with Gasteiger partial charge in [0.2, 0.25) is 0 Å². The number of ketones is 1. The number of rotatable bonds is 9. The highest BCUT2D eigenvalue weighted by atomic mass is 16.6. The van der Waals surface area contributed by atoms with Gasteiger partial charge in [-0.1, -0.05) is 80.6 Å². The third-order valence-electron chi connectivity index (χ3n) is 13.2. The van der Waals surface area contributed by atoms with Crippen LogP contribution in [0.25, 0.3) is 0 Å². The molecule has 2 bridgehead atoms. The lowest BCUT2D eigenvalue weighted by Gasteiger charge is -2.67. The van der Waals surface area contributed by atoms with Crippen LogP contribution in [0.3, 0.4) is 0 Å². The van der Waals surface area contributed by atoms with Crippen LogP contribution in [0.4, 0.5) is 0 Å². The van der Waals surface area contributed by atoms with Crippen LogP contribution in [0.15, 0.2) is 102 Å². The topological polar surface area (TPSA) is 215 Å². The molecule has 4 aliphatic rings. The third-order valence-corrected chi connectivity index (χ3v) is 13.2. The smallest absolute Gasteiger partial charge is 0.338 e. The van der Waals surface area contributed by atoms with Crippen LogP contribution in [0.2, 0.25) is 0 Å². The number of ether oxygens (including phenoxy) is 4. The lowest BCUT2D eigenvalue weighted by Crippen LogP contribution is -2.81. The van der Waals surface area contributed by atoms with Crippen molar-refractivity contribution in [1.82, 2.24) is 5.32 Å². The zero-order valence-corrected chi connectivity index (χ0v) is 33.4. The van der Waals surface area contributed by atoms with Crippen LogP contribution >= 0.6 is 0 Å². The SMILES string of the molecule is CC(=O)O[C@@]12CO[C@@H]1C[C@@H](O)[C@@]1(C)C(=O)[C@H](O)C3=C(C)[C@@H](OC(=O)[C@H](O)[C@@H](NC(=O)c4ccccc4)c4ccccc4)C[C@@](O)([C@@H](OC(=O)c4ccccc4)[C@H]21)C3(C)C. The van der Waals surface area contributed by atoms with Crippen molar-refractivity contribution in [2.45, 2.75) is 101 Å². The van der Waals surface area contributed by atoms with Crippen LogP contribution in [-0.4, -0.2) is 104 Å². The Balaban J connectivity index is 1.34. The van der Waals surface area contributed by atoms with Gasteiger partial charge < -0.3 is 44.7 Å². The van der Waals surface area contributed by atoms with E-state index < -0.39 is 107 Å². The van der Waals surface area contributed by atoms with Crippen molar-refractivity contribution in [3.8, 4) is 0 Å². The first-order chi connectivity index (χ1) is 27.9. The second-order valence-corrected chi connectivity index (χ2v) is 16.8. The van der Waals surface area contributed by atoms with Gasteiger partial charge >= 0.3 is 17.9 Å². The summed E-state index contributed by atoms with van der Waals surface area (Å²) >= 11 is 0. The summed E-state index contributed by atoms with van der Waals surface area (Å²) in [6.45, 7) is 6.89. The summed E-state index contributed by atoms with van der Waals surface area (Å²) < 4.78 is 24.2. The van der Waals surface area contributed by atoms with Gasteiger partial charge in [-0.2, -0.15) is 0 Å². The molecular formula is C45H49NO13. The lowest BCUT2D eigenvalue weighted by atomic mass is 9.44. The predicted molar refractivity (Wildman–Crippen MR) is 208 cm³/mol. The highest BCUT2D eigenvalue weighted by Crippen LogP contribution is 2.64. The zero-order chi connectivity index (χ0) is 42.7. The Bertz CT molecular complexity index is 2160. The number of carbonyl (C=O) groups is 5. The molecule has 1 saturated heterocycles. The van der Waals surface area contributed by atoms with Gasteiger partial charge in [0, 0.05) is 30.7 Å². The quantitative estimate of drug-likeness (QED) is 0.120. The Morgan fingerprint density at radius 1 is 0.864 bits per heavy atom. The number of amides is 1. The van der Waals surface area contributed by atoms with Crippen molar-refractivity contribution < 1.29 is 63.3 Å². The van der Waals surface area contributed by atoms with Gasteiger partial charge in [0.15, 0.2) is 17.5 Å². The van der Waals surface area contributed by atoms with Crippen LogP contribution in [-0.2, 0) is 33.3 Å². The number of benzene rings is 3. The van der Waals surface area contributed by atoms with Crippen LogP contribution in [0.1, 0.15) is 79.8 Å². The number of hydrogen-bond donors (Lipinski definition) is 5.